The summed E-state index contributed by atoms with van der Waals surface area (Å²) in [6, 6.07) is 14.5. The van der Waals surface area contributed by atoms with Crippen LogP contribution in [0.15, 0.2) is 42.5 Å². The Labute approximate surface area is 153 Å². The SMILES string of the molecule is CNC(=O)c1cccc(CN2CCCC2c2ccc3c(c2)OCCO3)c1. The number of nitrogens with one attached hydrogen (secondary N) is 1. The molecule has 1 amide bonds. The Morgan fingerprint density at radius 1 is 1.15 bits per heavy atom. The van der Waals surface area contributed by atoms with Gasteiger partial charge < -0.3 is 14.8 Å². The van der Waals surface area contributed by atoms with Crippen molar-refractivity contribution in [2.24, 2.45) is 0 Å². The Balaban J connectivity index is 1.53. The minimum absolute atomic E-state index is 0.0448. The molecule has 5 nitrogen and oxygen atoms in total. The number of carbonyl (C=O) groups is 1. The number of benzene rings is 2. The number of ether oxygens (including phenoxy) is 2. The maximum absolute atomic E-state index is 11.9. The molecule has 2 aromatic rings. The second-order valence-corrected chi connectivity index (χ2v) is 6.81. The molecule has 0 saturated carbocycles. The van der Waals surface area contributed by atoms with Crippen molar-refractivity contribution in [1.82, 2.24) is 10.2 Å². The third-order valence-electron chi connectivity index (χ3n) is 5.12. The van der Waals surface area contributed by atoms with Crippen molar-refractivity contribution in [2.75, 3.05) is 26.8 Å². The monoisotopic (exact) mass is 352 g/mol. The Hall–Kier alpha value is -2.53. The first-order chi connectivity index (χ1) is 12.7. The molecule has 2 heterocycles. The minimum Gasteiger partial charge on any atom is -0.486 e. The van der Waals surface area contributed by atoms with Crippen molar-refractivity contribution in [3.8, 4) is 11.5 Å². The van der Waals surface area contributed by atoms with Crippen LogP contribution in [0.25, 0.3) is 0 Å². The van der Waals surface area contributed by atoms with Gasteiger partial charge in [0.05, 0.1) is 0 Å². The topological polar surface area (TPSA) is 50.8 Å². The fraction of sp³-hybridized carbons (Fsp3) is 0.381. The molecule has 136 valence electrons. The van der Waals surface area contributed by atoms with Gasteiger partial charge in [0.15, 0.2) is 11.5 Å². The summed E-state index contributed by atoms with van der Waals surface area (Å²) in [6.45, 7) is 3.12. The van der Waals surface area contributed by atoms with Gasteiger partial charge in [0.2, 0.25) is 0 Å². The minimum atomic E-state index is -0.0448. The molecule has 1 saturated heterocycles. The molecule has 1 N–H and O–H groups in total. The van der Waals surface area contributed by atoms with Crippen molar-refractivity contribution in [3.05, 3.63) is 59.2 Å². The average molecular weight is 352 g/mol. The smallest absolute Gasteiger partial charge is 0.251 e. The van der Waals surface area contributed by atoms with Crippen LogP contribution < -0.4 is 14.8 Å². The Morgan fingerprint density at radius 3 is 2.85 bits per heavy atom. The van der Waals surface area contributed by atoms with Gasteiger partial charge in [-0.15, -0.1) is 0 Å². The van der Waals surface area contributed by atoms with Crippen LogP contribution in [0.2, 0.25) is 0 Å². The lowest BCUT2D eigenvalue weighted by atomic mass is 10.0. The van der Waals surface area contributed by atoms with Gasteiger partial charge in [-0.3, -0.25) is 9.69 Å². The molecule has 0 aromatic heterocycles. The van der Waals surface area contributed by atoms with E-state index in [9.17, 15) is 4.79 Å². The number of nitrogens with zero attached hydrogens (tertiary/aromatic N) is 1. The molecular formula is C21H24N2O3. The normalized spacial score (nSPS) is 19.3. The van der Waals surface area contributed by atoms with Crippen molar-refractivity contribution in [3.63, 3.8) is 0 Å². The van der Waals surface area contributed by atoms with E-state index in [4.69, 9.17) is 9.47 Å². The van der Waals surface area contributed by atoms with Crippen LogP contribution in [-0.4, -0.2) is 37.6 Å². The van der Waals surface area contributed by atoms with E-state index < -0.39 is 0 Å². The van der Waals surface area contributed by atoms with E-state index in [1.54, 1.807) is 7.05 Å². The first-order valence-electron chi connectivity index (χ1n) is 9.19. The summed E-state index contributed by atoms with van der Waals surface area (Å²) in [7, 11) is 1.66. The summed E-state index contributed by atoms with van der Waals surface area (Å²) in [5.74, 6) is 1.64. The quantitative estimate of drug-likeness (QED) is 0.918. The summed E-state index contributed by atoms with van der Waals surface area (Å²) < 4.78 is 11.4. The highest BCUT2D eigenvalue weighted by Crippen LogP contribution is 2.38. The molecular weight excluding hydrogens is 328 g/mol. The zero-order valence-corrected chi connectivity index (χ0v) is 15.0. The first kappa shape index (κ1) is 16.9. The molecule has 0 bridgehead atoms. The molecule has 2 aromatic carbocycles. The number of rotatable bonds is 4. The molecule has 0 spiro atoms. The van der Waals surface area contributed by atoms with Gasteiger partial charge in [-0.25, -0.2) is 0 Å². The second kappa shape index (κ2) is 7.38. The highest BCUT2D eigenvalue weighted by atomic mass is 16.6. The van der Waals surface area contributed by atoms with Gasteiger partial charge in [0.1, 0.15) is 13.2 Å². The molecule has 1 unspecified atom stereocenters. The highest BCUT2D eigenvalue weighted by molar-refractivity contribution is 5.94. The molecule has 1 atom stereocenters. The fourth-order valence-electron chi connectivity index (χ4n) is 3.85. The fourth-order valence-corrected chi connectivity index (χ4v) is 3.85. The van der Waals surface area contributed by atoms with E-state index in [0.29, 0.717) is 24.8 Å². The molecule has 1 fully saturated rings. The molecule has 2 aliphatic rings. The molecule has 26 heavy (non-hydrogen) atoms. The number of hydrogen-bond donors (Lipinski definition) is 1. The molecule has 2 aliphatic heterocycles. The number of fused-ring (bicyclic) bond motifs is 1. The van der Waals surface area contributed by atoms with E-state index in [2.05, 4.69) is 28.4 Å². The lowest BCUT2D eigenvalue weighted by molar-refractivity contribution is 0.0963. The van der Waals surface area contributed by atoms with Crippen LogP contribution >= 0.6 is 0 Å². The van der Waals surface area contributed by atoms with Gasteiger partial charge in [-0.05, 0) is 54.8 Å². The van der Waals surface area contributed by atoms with Crippen LogP contribution in [0.5, 0.6) is 11.5 Å². The number of hydrogen-bond acceptors (Lipinski definition) is 4. The Bertz CT molecular complexity index is 806. The molecule has 4 rings (SSSR count). The summed E-state index contributed by atoms with van der Waals surface area (Å²) >= 11 is 0. The Kier molecular flexibility index (Phi) is 4.80. The first-order valence-corrected chi connectivity index (χ1v) is 9.19. The van der Waals surface area contributed by atoms with Crippen molar-refractivity contribution in [1.29, 1.82) is 0 Å². The van der Waals surface area contributed by atoms with Crippen LogP contribution in [0, 0.1) is 0 Å². The zero-order chi connectivity index (χ0) is 17.9. The largest absolute Gasteiger partial charge is 0.486 e. The van der Waals surface area contributed by atoms with E-state index in [0.717, 1.165) is 36.6 Å². The predicted molar refractivity (Wildman–Crippen MR) is 99.6 cm³/mol. The lowest BCUT2D eigenvalue weighted by Gasteiger charge is -2.26. The summed E-state index contributed by atoms with van der Waals surface area (Å²) in [4.78, 5) is 14.4. The lowest BCUT2D eigenvalue weighted by Crippen LogP contribution is -2.24. The standard InChI is InChI=1S/C21H24N2O3/c1-22-21(24)17-5-2-4-15(12-17)14-23-9-3-6-18(23)16-7-8-19-20(13-16)26-11-10-25-19/h2,4-5,7-8,12-13,18H,3,6,9-11,14H2,1H3,(H,22,24). The third-order valence-corrected chi connectivity index (χ3v) is 5.12. The maximum atomic E-state index is 11.9. The van der Waals surface area contributed by atoms with Crippen molar-refractivity contribution in [2.45, 2.75) is 25.4 Å². The predicted octanol–water partition coefficient (Wildman–Crippen LogP) is 3.15. The third kappa shape index (κ3) is 3.40. The summed E-state index contributed by atoms with van der Waals surface area (Å²) in [6.07, 6.45) is 2.31. The maximum Gasteiger partial charge on any atom is 0.251 e. The van der Waals surface area contributed by atoms with Gasteiger partial charge in [-0.2, -0.15) is 0 Å². The zero-order valence-electron chi connectivity index (χ0n) is 15.0. The van der Waals surface area contributed by atoms with Gasteiger partial charge in [0.25, 0.3) is 5.91 Å². The van der Waals surface area contributed by atoms with Crippen molar-refractivity contribution >= 4 is 5.91 Å². The number of amides is 1. The van der Waals surface area contributed by atoms with Crippen molar-refractivity contribution < 1.29 is 14.3 Å². The van der Waals surface area contributed by atoms with E-state index in [1.165, 1.54) is 12.0 Å². The summed E-state index contributed by atoms with van der Waals surface area (Å²) in [5.41, 5.74) is 3.14. The Morgan fingerprint density at radius 2 is 2.00 bits per heavy atom. The number of likely N-dealkylation sites (tertiary alicyclic amines) is 1. The van der Waals surface area contributed by atoms with E-state index >= 15 is 0 Å². The van der Waals surface area contributed by atoms with Crippen LogP contribution in [0.1, 0.15) is 40.4 Å². The molecule has 5 heteroatoms. The molecule has 0 radical (unpaired) electrons. The van der Waals surface area contributed by atoms with E-state index in [-0.39, 0.29) is 5.91 Å². The average Bonchev–Trinajstić information content (AvgIpc) is 3.15. The van der Waals surface area contributed by atoms with E-state index in [1.807, 2.05) is 24.3 Å². The van der Waals surface area contributed by atoms with Gasteiger partial charge in [0, 0.05) is 25.2 Å². The van der Waals surface area contributed by atoms with Gasteiger partial charge in [-0.1, -0.05) is 18.2 Å². The second-order valence-electron chi connectivity index (χ2n) is 6.81. The van der Waals surface area contributed by atoms with Crippen LogP contribution in [0.3, 0.4) is 0 Å². The summed E-state index contributed by atoms with van der Waals surface area (Å²) in [5, 5.41) is 2.69. The number of carbonyl (C=O) groups excluding carboxylic acids is 1. The van der Waals surface area contributed by atoms with Crippen LogP contribution in [0.4, 0.5) is 0 Å². The van der Waals surface area contributed by atoms with Gasteiger partial charge >= 0.3 is 0 Å². The highest BCUT2D eigenvalue weighted by Gasteiger charge is 2.27. The molecule has 0 aliphatic carbocycles. The van der Waals surface area contributed by atoms with Crippen LogP contribution in [-0.2, 0) is 6.54 Å².